The number of alkyl halides is 2. The van der Waals surface area contributed by atoms with Gasteiger partial charge >= 0.3 is 0 Å². The minimum atomic E-state index is -2.01. The monoisotopic (exact) mass is 638 g/mol. The normalized spacial score (nSPS) is 31.7. The van der Waals surface area contributed by atoms with E-state index >= 15 is 0 Å². The first-order valence-electron chi connectivity index (χ1n) is 13.9. The fraction of sp³-hybridized carbons (Fsp3) is 0.312. The number of aryl methyl sites for hydroxylation is 1. The number of carbonyl (C=O) groups is 4. The number of imide groups is 2. The molecule has 7 rings (SSSR count). The van der Waals surface area contributed by atoms with E-state index in [4.69, 9.17) is 23.2 Å². The first-order valence-corrected chi connectivity index (χ1v) is 15.5. The average Bonchev–Trinajstić information content (AvgIpc) is 3.62. The summed E-state index contributed by atoms with van der Waals surface area (Å²) in [4.78, 5) is 55.2. The molecule has 1 N–H and O–H groups in total. The third-order valence-corrected chi connectivity index (χ3v) is 11.7. The lowest BCUT2D eigenvalue weighted by molar-refractivity contribution is -0.141. The molecule has 1 saturated carbocycles. The molecule has 2 aliphatic heterocycles. The fourth-order valence-corrected chi connectivity index (χ4v) is 9.04. The second-order valence-corrected chi connectivity index (χ2v) is 13.9. The summed E-state index contributed by atoms with van der Waals surface area (Å²) >= 11 is 16.1. The molecule has 0 bridgehead atoms. The fourth-order valence-electron chi connectivity index (χ4n) is 7.41. The molecule has 2 saturated heterocycles. The minimum Gasteiger partial charge on any atom is -0.508 e. The number of halogens is 3. The van der Waals surface area contributed by atoms with Gasteiger partial charge in [0.2, 0.25) is 11.8 Å². The maximum absolute atomic E-state index is 14.3. The van der Waals surface area contributed by atoms with Gasteiger partial charge in [-0.25, -0.2) is 9.29 Å². The quantitative estimate of drug-likeness (QED) is 0.226. The molecule has 220 valence electrons. The van der Waals surface area contributed by atoms with Crippen LogP contribution >= 0.6 is 34.5 Å². The number of benzene rings is 2. The van der Waals surface area contributed by atoms with Gasteiger partial charge < -0.3 is 5.11 Å². The molecule has 2 aromatic carbocycles. The predicted octanol–water partition coefficient (Wildman–Crippen LogP) is 5.66. The smallest absolute Gasteiger partial charge is 0.258 e. The summed E-state index contributed by atoms with van der Waals surface area (Å²) in [5.74, 6) is -5.67. The van der Waals surface area contributed by atoms with Crippen molar-refractivity contribution in [1.82, 2.24) is 4.90 Å². The van der Waals surface area contributed by atoms with E-state index in [2.05, 4.69) is 0 Å². The Morgan fingerprint density at radius 1 is 1.00 bits per heavy atom. The molecule has 7 nitrogen and oxygen atoms in total. The van der Waals surface area contributed by atoms with Gasteiger partial charge in [-0.15, -0.1) is 34.5 Å². The summed E-state index contributed by atoms with van der Waals surface area (Å²) in [6.45, 7) is 1.86. The van der Waals surface area contributed by atoms with Gasteiger partial charge in [0.1, 0.15) is 11.6 Å². The Morgan fingerprint density at radius 2 is 1.74 bits per heavy atom. The summed E-state index contributed by atoms with van der Waals surface area (Å²) in [6, 6.07) is 13.4. The van der Waals surface area contributed by atoms with Gasteiger partial charge in [0.25, 0.3) is 11.8 Å². The summed E-state index contributed by atoms with van der Waals surface area (Å²) in [5, 5.41) is 12.2. The van der Waals surface area contributed by atoms with Crippen LogP contribution in [0.15, 0.2) is 71.6 Å². The number of anilines is 1. The maximum atomic E-state index is 14.3. The van der Waals surface area contributed by atoms with Gasteiger partial charge in [-0.3, -0.25) is 24.1 Å². The molecule has 4 aliphatic rings. The lowest BCUT2D eigenvalue weighted by atomic mass is 9.56. The van der Waals surface area contributed by atoms with E-state index in [1.54, 1.807) is 19.1 Å². The van der Waals surface area contributed by atoms with Gasteiger partial charge in [0, 0.05) is 10.8 Å². The molecule has 3 heterocycles. The molecule has 43 heavy (non-hydrogen) atoms. The van der Waals surface area contributed by atoms with Crippen LogP contribution in [0.2, 0.25) is 0 Å². The number of hydrogen-bond donors (Lipinski definition) is 1. The van der Waals surface area contributed by atoms with Crippen molar-refractivity contribution in [3.63, 3.8) is 0 Å². The lowest BCUT2D eigenvalue weighted by Gasteiger charge is -2.50. The second-order valence-electron chi connectivity index (χ2n) is 11.6. The summed E-state index contributed by atoms with van der Waals surface area (Å²) < 4.78 is 13.8. The highest BCUT2D eigenvalue weighted by atomic mass is 35.5. The van der Waals surface area contributed by atoms with Crippen LogP contribution < -0.4 is 4.90 Å². The van der Waals surface area contributed by atoms with Crippen LogP contribution in [0.1, 0.15) is 34.8 Å². The Kier molecular flexibility index (Phi) is 6.40. The number of aromatic hydroxyl groups is 1. The maximum Gasteiger partial charge on any atom is 0.258 e. The number of fused-ring (bicyclic) bond motifs is 4. The van der Waals surface area contributed by atoms with Gasteiger partial charge in [-0.05, 0) is 78.6 Å². The van der Waals surface area contributed by atoms with Crippen LogP contribution in [0.3, 0.4) is 0 Å². The summed E-state index contributed by atoms with van der Waals surface area (Å²) in [5.41, 5.74) is 1.85. The number of thiophene rings is 1. The van der Waals surface area contributed by atoms with Gasteiger partial charge in [0.05, 0.1) is 24.1 Å². The highest BCUT2D eigenvalue weighted by molar-refractivity contribution is 7.09. The molecular formula is C32H25Cl2FN2O5S. The van der Waals surface area contributed by atoms with E-state index in [0.29, 0.717) is 16.7 Å². The molecule has 1 aromatic heterocycles. The Bertz CT molecular complexity index is 1740. The molecule has 3 aromatic rings. The lowest BCUT2D eigenvalue weighted by Crippen LogP contribution is -2.60. The molecular weight excluding hydrogens is 614 g/mol. The topological polar surface area (TPSA) is 95.0 Å². The van der Waals surface area contributed by atoms with E-state index in [9.17, 15) is 28.7 Å². The summed E-state index contributed by atoms with van der Waals surface area (Å²) in [6.07, 6.45) is 1.99. The molecule has 4 amide bonds. The van der Waals surface area contributed by atoms with Crippen molar-refractivity contribution in [3.05, 3.63) is 93.4 Å². The highest BCUT2D eigenvalue weighted by Gasteiger charge is 2.76. The van der Waals surface area contributed by atoms with E-state index in [1.165, 1.54) is 34.4 Å². The first kappa shape index (κ1) is 28.3. The van der Waals surface area contributed by atoms with Crippen molar-refractivity contribution < 1.29 is 28.7 Å². The largest absolute Gasteiger partial charge is 0.508 e. The Balaban J connectivity index is 1.38. The van der Waals surface area contributed by atoms with Crippen LogP contribution in [0.4, 0.5) is 10.1 Å². The van der Waals surface area contributed by atoms with Crippen LogP contribution in [0, 0.1) is 30.5 Å². The van der Waals surface area contributed by atoms with Crippen LogP contribution in [-0.4, -0.2) is 43.4 Å². The van der Waals surface area contributed by atoms with E-state index in [0.717, 1.165) is 21.9 Å². The molecule has 0 spiro atoms. The average molecular weight is 640 g/mol. The Morgan fingerprint density at radius 3 is 2.42 bits per heavy atom. The van der Waals surface area contributed by atoms with Crippen LogP contribution in [-0.2, 0) is 25.7 Å². The zero-order chi connectivity index (χ0) is 30.4. The zero-order valence-electron chi connectivity index (χ0n) is 22.8. The minimum absolute atomic E-state index is 0.0390. The Labute approximate surface area is 260 Å². The van der Waals surface area contributed by atoms with Crippen molar-refractivity contribution in [2.24, 2.45) is 17.8 Å². The standard InChI is InChI=1S/C32H25Cl2FN2O5S/c1-16-13-17(4-11-24(16)38)26-21-9-10-22-25(28(40)36(27(22)39)15-20-3-2-12-43-20)23(21)14-31(33)29(41)37(30(42)32(26,31)34)19-7-5-18(35)6-8-19/h2-9,11-13,22-23,25-26,38H,10,14-15H2,1H3/t22-,23+,25-,26-,31+,32-/m0/s1. The number of nitrogens with zero attached hydrogens (tertiary/aromatic N) is 2. The number of carbonyl (C=O) groups excluding carboxylic acids is 4. The first-order chi connectivity index (χ1) is 20.5. The number of rotatable bonds is 4. The third-order valence-electron chi connectivity index (χ3n) is 9.44. The molecule has 3 fully saturated rings. The van der Waals surface area contributed by atoms with Crippen LogP contribution in [0.25, 0.3) is 0 Å². The van der Waals surface area contributed by atoms with Crippen molar-refractivity contribution in [1.29, 1.82) is 0 Å². The molecule has 2 aliphatic carbocycles. The number of hydrogen-bond acceptors (Lipinski definition) is 6. The summed E-state index contributed by atoms with van der Waals surface area (Å²) in [7, 11) is 0. The van der Waals surface area contributed by atoms with Crippen molar-refractivity contribution in [3.8, 4) is 5.75 Å². The molecule has 0 radical (unpaired) electrons. The Hall–Kier alpha value is -3.53. The molecule has 0 unspecified atom stereocenters. The highest BCUT2D eigenvalue weighted by Crippen LogP contribution is 2.66. The number of likely N-dealkylation sites (tertiary alicyclic amines) is 1. The SMILES string of the molecule is Cc1cc([C@H]2C3=CC[C@@H]4C(=O)N(Cc5cccs5)C(=O)[C@@H]4[C@@H]3C[C@@]3(Cl)C(=O)N(c4ccc(F)cc4)C(=O)[C@@]23Cl)ccc1O. The number of amides is 4. The van der Waals surface area contributed by atoms with Crippen molar-refractivity contribution in [2.75, 3.05) is 4.90 Å². The van der Waals surface area contributed by atoms with E-state index in [-0.39, 0.29) is 42.6 Å². The van der Waals surface area contributed by atoms with Gasteiger partial charge in [-0.1, -0.05) is 29.8 Å². The van der Waals surface area contributed by atoms with E-state index in [1.807, 2.05) is 23.6 Å². The van der Waals surface area contributed by atoms with Gasteiger partial charge in [0.15, 0.2) is 9.75 Å². The predicted molar refractivity (Wildman–Crippen MR) is 159 cm³/mol. The van der Waals surface area contributed by atoms with Gasteiger partial charge in [-0.2, -0.15) is 0 Å². The second kappa shape index (κ2) is 9.74. The van der Waals surface area contributed by atoms with Crippen molar-refractivity contribution >= 4 is 63.9 Å². The third kappa shape index (κ3) is 3.84. The number of allylic oxidation sites excluding steroid dienone is 2. The van der Waals surface area contributed by atoms with Crippen LogP contribution in [0.5, 0.6) is 5.75 Å². The van der Waals surface area contributed by atoms with Crippen molar-refractivity contribution in [2.45, 2.75) is 42.0 Å². The van der Waals surface area contributed by atoms with E-state index < -0.39 is 51.1 Å². The zero-order valence-corrected chi connectivity index (χ0v) is 25.1. The number of phenolic OH excluding ortho intramolecular Hbond substituents is 1. The molecule has 11 heteroatoms. The molecule has 6 atom stereocenters. The number of phenols is 1.